The van der Waals surface area contributed by atoms with Crippen LogP contribution in [0.4, 0.5) is 0 Å². The number of ether oxygens (including phenoxy) is 1. The van der Waals surface area contributed by atoms with Crippen molar-refractivity contribution in [2.75, 3.05) is 20.3 Å². The van der Waals surface area contributed by atoms with Crippen molar-refractivity contribution >= 4 is 0 Å². The molecule has 1 aromatic heterocycles. The second kappa shape index (κ2) is 7.49. The highest BCUT2D eigenvalue weighted by molar-refractivity contribution is 5.08. The molecule has 1 aliphatic rings. The van der Waals surface area contributed by atoms with Crippen LogP contribution in [0.25, 0.3) is 0 Å². The van der Waals surface area contributed by atoms with Gasteiger partial charge in [0.25, 0.3) is 0 Å². The molecule has 0 aromatic carbocycles. The lowest BCUT2D eigenvalue weighted by molar-refractivity contribution is 0.116. The van der Waals surface area contributed by atoms with Crippen LogP contribution in [0.1, 0.15) is 37.7 Å². The van der Waals surface area contributed by atoms with E-state index in [9.17, 15) is 0 Å². The van der Waals surface area contributed by atoms with Crippen LogP contribution < -0.4 is 0 Å². The Balaban J connectivity index is 1.87. The summed E-state index contributed by atoms with van der Waals surface area (Å²) in [7, 11) is 1.79. The van der Waals surface area contributed by atoms with Crippen LogP contribution in [0, 0.1) is 0 Å². The first-order valence-corrected chi connectivity index (χ1v) is 7.02. The first-order chi connectivity index (χ1) is 8.90. The summed E-state index contributed by atoms with van der Waals surface area (Å²) in [5.41, 5.74) is 1.33. The maximum absolute atomic E-state index is 5.16. The minimum atomic E-state index is 0.731. The summed E-state index contributed by atoms with van der Waals surface area (Å²) in [4.78, 5) is 6.83. The van der Waals surface area contributed by atoms with E-state index in [0.29, 0.717) is 0 Å². The van der Waals surface area contributed by atoms with Crippen LogP contribution >= 0.6 is 0 Å². The molecular formula is C15H24N2O. The fourth-order valence-corrected chi connectivity index (χ4v) is 2.78. The lowest BCUT2D eigenvalue weighted by Crippen LogP contribution is -2.39. The molecule has 0 saturated carbocycles. The molecule has 0 spiro atoms. The van der Waals surface area contributed by atoms with E-state index in [1.54, 1.807) is 7.11 Å². The van der Waals surface area contributed by atoms with Gasteiger partial charge in [-0.15, -0.1) is 0 Å². The second-order valence-electron chi connectivity index (χ2n) is 5.12. The third-order valence-electron chi connectivity index (χ3n) is 3.74. The zero-order valence-corrected chi connectivity index (χ0v) is 11.3. The minimum absolute atomic E-state index is 0.731. The molecule has 0 unspecified atom stereocenters. The monoisotopic (exact) mass is 248 g/mol. The average molecular weight is 248 g/mol. The van der Waals surface area contributed by atoms with Crippen LogP contribution in [0.5, 0.6) is 0 Å². The Hall–Kier alpha value is -0.930. The third kappa shape index (κ3) is 4.07. The van der Waals surface area contributed by atoms with Gasteiger partial charge in [-0.25, -0.2) is 0 Å². The highest BCUT2D eigenvalue weighted by Gasteiger charge is 2.21. The van der Waals surface area contributed by atoms with Crippen molar-refractivity contribution in [3.05, 3.63) is 30.1 Å². The van der Waals surface area contributed by atoms with Crippen molar-refractivity contribution in [1.29, 1.82) is 0 Å². The van der Waals surface area contributed by atoms with Crippen molar-refractivity contribution in [2.45, 2.75) is 44.7 Å². The number of piperidine rings is 1. The van der Waals surface area contributed by atoms with Crippen molar-refractivity contribution < 1.29 is 4.74 Å². The van der Waals surface area contributed by atoms with E-state index in [1.165, 1.54) is 44.2 Å². The molecule has 100 valence electrons. The van der Waals surface area contributed by atoms with Crippen molar-refractivity contribution in [1.82, 2.24) is 9.88 Å². The van der Waals surface area contributed by atoms with Gasteiger partial charge in [0.05, 0.1) is 0 Å². The molecular weight excluding hydrogens is 224 g/mol. The molecule has 0 bridgehead atoms. The van der Waals surface area contributed by atoms with Gasteiger partial charge < -0.3 is 4.74 Å². The fraction of sp³-hybridized carbons (Fsp3) is 0.667. The smallest absolute Gasteiger partial charge is 0.0462 e. The summed E-state index contributed by atoms with van der Waals surface area (Å²) < 4.78 is 5.16. The lowest BCUT2D eigenvalue weighted by Gasteiger charge is -2.35. The molecule has 0 amide bonds. The summed E-state index contributed by atoms with van der Waals surface area (Å²) in [6.45, 7) is 3.16. The number of likely N-dealkylation sites (tertiary alicyclic amines) is 1. The number of aromatic nitrogens is 1. The van der Waals surface area contributed by atoms with E-state index >= 15 is 0 Å². The number of methoxy groups -OCH3 is 1. The van der Waals surface area contributed by atoms with Crippen LogP contribution in [-0.4, -0.2) is 36.2 Å². The fourth-order valence-electron chi connectivity index (χ4n) is 2.78. The highest BCUT2D eigenvalue weighted by Crippen LogP contribution is 2.22. The number of hydrogen-bond donors (Lipinski definition) is 0. The SMILES string of the molecule is COCCC[C@@H]1CCCCN1Cc1cccnc1. The van der Waals surface area contributed by atoms with Gasteiger partial charge in [-0.05, 0) is 43.9 Å². The van der Waals surface area contributed by atoms with Gasteiger partial charge in [0.2, 0.25) is 0 Å². The second-order valence-corrected chi connectivity index (χ2v) is 5.12. The molecule has 1 saturated heterocycles. The van der Waals surface area contributed by atoms with E-state index in [1.807, 2.05) is 18.5 Å². The standard InChI is InChI=1S/C15H24N2O/c1-18-11-5-8-15-7-2-3-10-17(15)13-14-6-4-9-16-12-14/h4,6,9,12,15H,2-3,5,7-8,10-11,13H2,1H3/t15-/m0/s1. The Morgan fingerprint density at radius 3 is 3.17 bits per heavy atom. The maximum Gasteiger partial charge on any atom is 0.0462 e. The Kier molecular flexibility index (Phi) is 5.62. The topological polar surface area (TPSA) is 25.4 Å². The van der Waals surface area contributed by atoms with Gasteiger partial charge in [-0.1, -0.05) is 12.5 Å². The normalized spacial score (nSPS) is 21.1. The van der Waals surface area contributed by atoms with Crippen molar-refractivity contribution in [3.63, 3.8) is 0 Å². The molecule has 2 rings (SSSR count). The van der Waals surface area contributed by atoms with Crippen LogP contribution in [0.3, 0.4) is 0 Å². The maximum atomic E-state index is 5.16. The number of pyridine rings is 1. The van der Waals surface area contributed by atoms with Crippen LogP contribution in [0.15, 0.2) is 24.5 Å². The average Bonchev–Trinajstić information content (AvgIpc) is 2.42. The first-order valence-electron chi connectivity index (χ1n) is 7.02. The van der Waals surface area contributed by atoms with Crippen LogP contribution in [-0.2, 0) is 11.3 Å². The molecule has 0 aliphatic carbocycles. The predicted octanol–water partition coefficient (Wildman–Crippen LogP) is 2.86. The zero-order valence-electron chi connectivity index (χ0n) is 11.3. The Morgan fingerprint density at radius 2 is 2.39 bits per heavy atom. The molecule has 18 heavy (non-hydrogen) atoms. The largest absolute Gasteiger partial charge is 0.385 e. The van der Waals surface area contributed by atoms with Gasteiger partial charge >= 0.3 is 0 Å². The van der Waals surface area contributed by atoms with Gasteiger partial charge in [0.15, 0.2) is 0 Å². The molecule has 1 aliphatic heterocycles. The molecule has 3 heteroatoms. The van der Waals surface area contributed by atoms with Gasteiger partial charge in [-0.2, -0.15) is 0 Å². The quantitative estimate of drug-likeness (QED) is 0.724. The third-order valence-corrected chi connectivity index (χ3v) is 3.74. The van der Waals surface area contributed by atoms with E-state index in [0.717, 1.165) is 19.2 Å². The van der Waals surface area contributed by atoms with E-state index in [4.69, 9.17) is 4.74 Å². The number of hydrogen-bond acceptors (Lipinski definition) is 3. The molecule has 1 aromatic rings. The van der Waals surface area contributed by atoms with Gasteiger partial charge in [0, 0.05) is 38.7 Å². The predicted molar refractivity (Wildman–Crippen MR) is 73.4 cm³/mol. The van der Waals surface area contributed by atoms with E-state index in [2.05, 4.69) is 16.0 Å². The highest BCUT2D eigenvalue weighted by atomic mass is 16.5. The van der Waals surface area contributed by atoms with Crippen molar-refractivity contribution in [2.24, 2.45) is 0 Å². The van der Waals surface area contributed by atoms with Gasteiger partial charge in [0.1, 0.15) is 0 Å². The molecule has 1 atom stereocenters. The molecule has 0 N–H and O–H groups in total. The summed E-state index contributed by atoms with van der Waals surface area (Å²) in [5.74, 6) is 0. The summed E-state index contributed by atoms with van der Waals surface area (Å²) in [6.07, 6.45) is 10.3. The molecule has 1 fully saturated rings. The van der Waals surface area contributed by atoms with E-state index in [-0.39, 0.29) is 0 Å². The summed E-state index contributed by atoms with van der Waals surface area (Å²) in [5, 5.41) is 0. The summed E-state index contributed by atoms with van der Waals surface area (Å²) >= 11 is 0. The number of rotatable bonds is 6. The first kappa shape index (κ1) is 13.5. The Labute approximate surface area is 110 Å². The Bertz CT molecular complexity index is 329. The van der Waals surface area contributed by atoms with Gasteiger partial charge in [-0.3, -0.25) is 9.88 Å². The van der Waals surface area contributed by atoms with Crippen LogP contribution in [0.2, 0.25) is 0 Å². The Morgan fingerprint density at radius 1 is 1.44 bits per heavy atom. The molecule has 3 nitrogen and oxygen atoms in total. The molecule has 0 radical (unpaired) electrons. The summed E-state index contributed by atoms with van der Waals surface area (Å²) in [6, 6.07) is 4.93. The van der Waals surface area contributed by atoms with Crippen molar-refractivity contribution in [3.8, 4) is 0 Å². The number of nitrogens with zero attached hydrogens (tertiary/aromatic N) is 2. The zero-order chi connectivity index (χ0) is 12.6. The minimum Gasteiger partial charge on any atom is -0.385 e. The molecule has 2 heterocycles. The lowest BCUT2D eigenvalue weighted by atomic mass is 9.97. The van der Waals surface area contributed by atoms with E-state index < -0.39 is 0 Å².